The van der Waals surface area contributed by atoms with Gasteiger partial charge in [-0.1, -0.05) is 13.8 Å². The van der Waals surface area contributed by atoms with E-state index in [9.17, 15) is 0 Å². The molecule has 3 nitrogen and oxygen atoms in total. The monoisotopic (exact) mass is 257 g/mol. The Morgan fingerprint density at radius 1 is 1.00 bits per heavy atom. The van der Waals surface area contributed by atoms with Gasteiger partial charge in [-0.05, 0) is 55.3 Å². The highest BCUT2D eigenvalue weighted by molar-refractivity contribution is 5.32. The summed E-state index contributed by atoms with van der Waals surface area (Å²) in [6.07, 6.45) is 11.6. The van der Waals surface area contributed by atoms with Crippen LogP contribution in [-0.2, 0) is 5.41 Å². The minimum atomic E-state index is 0.233. The van der Waals surface area contributed by atoms with Crippen molar-refractivity contribution in [3.8, 4) is 0 Å². The summed E-state index contributed by atoms with van der Waals surface area (Å²) in [7, 11) is 0. The van der Waals surface area contributed by atoms with Gasteiger partial charge in [0, 0.05) is 5.41 Å². The van der Waals surface area contributed by atoms with Crippen LogP contribution in [0.1, 0.15) is 58.2 Å². The van der Waals surface area contributed by atoms with E-state index >= 15 is 0 Å². The Bertz CT molecular complexity index is 503. The minimum absolute atomic E-state index is 0.233. The summed E-state index contributed by atoms with van der Waals surface area (Å²) in [5.41, 5.74) is 7.68. The van der Waals surface area contributed by atoms with Crippen LogP contribution in [0.4, 0.5) is 5.69 Å². The lowest BCUT2D eigenvalue weighted by Gasteiger charge is -2.64. The maximum absolute atomic E-state index is 5.75. The summed E-state index contributed by atoms with van der Waals surface area (Å²) < 4.78 is 0. The second-order valence-electron chi connectivity index (χ2n) is 8.25. The highest BCUT2D eigenvalue weighted by atomic mass is 14.9. The number of nitrogens with zero attached hydrogens (tertiary/aromatic N) is 2. The van der Waals surface area contributed by atoms with Gasteiger partial charge < -0.3 is 5.73 Å². The van der Waals surface area contributed by atoms with Crippen LogP contribution < -0.4 is 5.73 Å². The molecular weight excluding hydrogens is 234 g/mol. The summed E-state index contributed by atoms with van der Waals surface area (Å²) in [6, 6.07) is 0. The first-order valence-corrected chi connectivity index (χ1v) is 7.49. The van der Waals surface area contributed by atoms with Crippen LogP contribution in [0.3, 0.4) is 0 Å². The first-order valence-electron chi connectivity index (χ1n) is 7.49. The van der Waals surface area contributed by atoms with Crippen molar-refractivity contribution in [2.75, 3.05) is 5.73 Å². The second kappa shape index (κ2) is 3.31. The van der Waals surface area contributed by atoms with Crippen LogP contribution in [0.25, 0.3) is 0 Å². The van der Waals surface area contributed by atoms with Gasteiger partial charge in [0.1, 0.15) is 5.82 Å². The van der Waals surface area contributed by atoms with Gasteiger partial charge in [-0.25, -0.2) is 9.97 Å². The van der Waals surface area contributed by atoms with Gasteiger partial charge in [-0.15, -0.1) is 0 Å². The van der Waals surface area contributed by atoms with Crippen LogP contribution in [0.15, 0.2) is 12.4 Å². The average Bonchev–Trinajstić information content (AvgIpc) is 2.24. The fourth-order valence-electron chi connectivity index (χ4n) is 6.31. The lowest BCUT2D eigenvalue weighted by atomic mass is 9.40. The van der Waals surface area contributed by atoms with Crippen molar-refractivity contribution in [2.24, 2.45) is 16.7 Å². The molecule has 0 saturated heterocycles. The Balaban J connectivity index is 1.80. The van der Waals surface area contributed by atoms with Gasteiger partial charge in [0.25, 0.3) is 0 Å². The topological polar surface area (TPSA) is 51.8 Å². The van der Waals surface area contributed by atoms with Crippen molar-refractivity contribution in [1.29, 1.82) is 0 Å². The molecule has 0 radical (unpaired) electrons. The largest absolute Gasteiger partial charge is 0.396 e. The maximum Gasteiger partial charge on any atom is 0.134 e. The lowest BCUT2D eigenvalue weighted by Crippen LogP contribution is -2.57. The molecule has 1 aromatic rings. The second-order valence-corrected chi connectivity index (χ2v) is 8.25. The molecule has 1 aromatic heterocycles. The van der Waals surface area contributed by atoms with Crippen LogP contribution in [0.5, 0.6) is 0 Å². The number of nitrogens with two attached hydrogens (primary N) is 1. The highest BCUT2D eigenvalue weighted by Gasteiger charge is 2.61. The molecule has 4 aliphatic carbocycles. The van der Waals surface area contributed by atoms with Crippen LogP contribution in [0.2, 0.25) is 0 Å². The molecule has 5 rings (SSSR count). The fraction of sp³-hybridized carbons (Fsp3) is 0.750. The van der Waals surface area contributed by atoms with Crippen molar-refractivity contribution >= 4 is 5.69 Å². The van der Waals surface area contributed by atoms with E-state index in [1.807, 2.05) is 0 Å². The van der Waals surface area contributed by atoms with Gasteiger partial charge in [-0.2, -0.15) is 0 Å². The quantitative estimate of drug-likeness (QED) is 0.839. The number of hydrogen-bond donors (Lipinski definition) is 1. The summed E-state index contributed by atoms with van der Waals surface area (Å²) in [6.45, 7) is 4.98. The minimum Gasteiger partial charge on any atom is -0.396 e. The van der Waals surface area contributed by atoms with Crippen molar-refractivity contribution in [3.05, 3.63) is 18.2 Å². The van der Waals surface area contributed by atoms with E-state index in [-0.39, 0.29) is 5.41 Å². The van der Waals surface area contributed by atoms with Crippen molar-refractivity contribution < 1.29 is 0 Å². The molecular formula is C16H23N3. The summed E-state index contributed by atoms with van der Waals surface area (Å²) in [4.78, 5) is 9.19. The fourth-order valence-corrected chi connectivity index (χ4v) is 6.31. The molecule has 4 bridgehead atoms. The molecule has 4 fully saturated rings. The maximum atomic E-state index is 5.75. The zero-order chi connectivity index (χ0) is 13.3. The molecule has 102 valence electrons. The predicted octanol–water partition coefficient (Wildman–Crippen LogP) is 3.31. The van der Waals surface area contributed by atoms with Crippen LogP contribution in [0, 0.1) is 16.7 Å². The van der Waals surface area contributed by atoms with Gasteiger partial charge >= 0.3 is 0 Å². The third-order valence-electron chi connectivity index (χ3n) is 5.77. The highest BCUT2D eigenvalue weighted by Crippen LogP contribution is 2.69. The van der Waals surface area contributed by atoms with E-state index in [0.29, 0.717) is 16.5 Å². The molecule has 0 aromatic carbocycles. The van der Waals surface area contributed by atoms with Gasteiger partial charge in [0.2, 0.25) is 0 Å². The number of hydrogen-bond acceptors (Lipinski definition) is 3. The zero-order valence-electron chi connectivity index (χ0n) is 11.9. The standard InChI is InChI=1S/C16H23N3/c1-14-3-11-4-15(2,8-14)10-16(5-11,9-14)13-18-6-12(17)7-19-13/h6-7,11H,3-5,8-10,17H2,1-2H3. The molecule has 2 unspecified atom stereocenters. The van der Waals surface area contributed by atoms with Crippen molar-refractivity contribution in [3.63, 3.8) is 0 Å². The Kier molecular flexibility index (Phi) is 2.03. The Hall–Kier alpha value is -1.12. The molecule has 1 heterocycles. The van der Waals surface area contributed by atoms with Crippen molar-refractivity contribution in [2.45, 2.75) is 57.8 Å². The first kappa shape index (κ1) is 11.7. The summed E-state index contributed by atoms with van der Waals surface area (Å²) in [5, 5.41) is 0. The molecule has 4 aliphatic rings. The number of nitrogen functional groups attached to an aromatic ring is 1. The van der Waals surface area contributed by atoms with E-state index in [4.69, 9.17) is 5.73 Å². The van der Waals surface area contributed by atoms with Crippen molar-refractivity contribution in [1.82, 2.24) is 9.97 Å². The molecule has 19 heavy (non-hydrogen) atoms. The van der Waals surface area contributed by atoms with Crippen LogP contribution >= 0.6 is 0 Å². The molecule has 0 spiro atoms. The smallest absolute Gasteiger partial charge is 0.134 e. The third kappa shape index (κ3) is 1.63. The van der Waals surface area contributed by atoms with Gasteiger partial charge in [0.05, 0.1) is 18.1 Å². The summed E-state index contributed by atoms with van der Waals surface area (Å²) >= 11 is 0. The van der Waals surface area contributed by atoms with Gasteiger partial charge in [0.15, 0.2) is 0 Å². The number of aromatic nitrogens is 2. The molecule has 3 heteroatoms. The van der Waals surface area contributed by atoms with Gasteiger partial charge in [-0.3, -0.25) is 0 Å². The van der Waals surface area contributed by atoms with E-state index in [1.165, 1.54) is 38.5 Å². The summed E-state index contributed by atoms with van der Waals surface area (Å²) in [5.74, 6) is 1.94. The molecule has 0 amide bonds. The molecule has 2 atom stereocenters. The normalized spacial score (nSPS) is 47.6. The van der Waals surface area contributed by atoms with E-state index in [1.54, 1.807) is 12.4 Å². The molecule has 0 aliphatic heterocycles. The third-order valence-corrected chi connectivity index (χ3v) is 5.77. The molecule has 4 saturated carbocycles. The van der Waals surface area contributed by atoms with Crippen LogP contribution in [-0.4, -0.2) is 9.97 Å². The Morgan fingerprint density at radius 2 is 1.58 bits per heavy atom. The predicted molar refractivity (Wildman–Crippen MR) is 75.5 cm³/mol. The zero-order valence-corrected chi connectivity index (χ0v) is 11.9. The van der Waals surface area contributed by atoms with E-state index in [0.717, 1.165) is 11.7 Å². The Morgan fingerprint density at radius 3 is 2.11 bits per heavy atom. The number of anilines is 1. The number of rotatable bonds is 1. The lowest BCUT2D eigenvalue weighted by molar-refractivity contribution is -0.112. The molecule has 2 N–H and O–H groups in total. The Labute approximate surface area is 115 Å². The van der Waals surface area contributed by atoms with E-state index < -0.39 is 0 Å². The first-order chi connectivity index (χ1) is 8.91. The van der Waals surface area contributed by atoms with E-state index in [2.05, 4.69) is 23.8 Å². The SMILES string of the molecule is CC12CC3CC(C)(C1)CC(c1ncc(N)cn1)(C3)C2. The average molecular weight is 257 g/mol.